The molecule has 0 aliphatic carbocycles. The van der Waals surface area contributed by atoms with Crippen molar-refractivity contribution in [3.05, 3.63) is 176 Å². The predicted octanol–water partition coefficient (Wildman–Crippen LogP) is 14.6. The quantitative estimate of drug-likeness (QED) is 0.174. The van der Waals surface area contributed by atoms with Crippen molar-refractivity contribution in [1.29, 1.82) is 0 Å². The molecule has 0 saturated heterocycles. The first kappa shape index (κ1) is 28.4. The van der Waals surface area contributed by atoms with Gasteiger partial charge in [0, 0.05) is 36.6 Å². The van der Waals surface area contributed by atoms with Crippen LogP contribution in [0.2, 0.25) is 0 Å². The molecule has 0 unspecified atom stereocenters. The van der Waals surface area contributed by atoms with Gasteiger partial charge in [-0.05, 0) is 74.5 Å². The molecule has 11 aromatic rings. The Kier molecular flexibility index (Phi) is 6.16. The first-order chi connectivity index (χ1) is 25.3. The summed E-state index contributed by atoms with van der Waals surface area (Å²) in [5.74, 6) is 0. The summed E-state index contributed by atoms with van der Waals surface area (Å²) < 4.78 is 9.32. The lowest BCUT2D eigenvalue weighted by Gasteiger charge is -2.28. The normalized spacial score (nSPS) is 11.9. The molecule has 0 bridgehead atoms. The molecule has 11 rings (SSSR count). The van der Waals surface area contributed by atoms with E-state index in [1.807, 2.05) is 11.3 Å². The number of hydrogen-bond donors (Lipinski definition) is 0. The number of fused-ring (bicyclic) bond motifs is 11. The molecule has 2 heterocycles. The Morgan fingerprint density at radius 3 is 1.90 bits per heavy atom. The van der Waals surface area contributed by atoms with Crippen molar-refractivity contribution >= 4 is 103 Å². The molecule has 238 valence electrons. The van der Waals surface area contributed by atoms with Crippen LogP contribution in [0.1, 0.15) is 0 Å². The van der Waals surface area contributed by atoms with Crippen LogP contribution in [-0.2, 0) is 0 Å². The molecule has 0 N–H and O–H groups in total. The minimum atomic E-state index is 0.895. The Labute approximate surface area is 298 Å². The van der Waals surface area contributed by atoms with Crippen molar-refractivity contribution in [2.45, 2.75) is 0 Å². The van der Waals surface area contributed by atoms with Gasteiger partial charge in [-0.1, -0.05) is 140 Å². The average molecular weight is 668 g/mol. The van der Waals surface area contributed by atoms with Crippen molar-refractivity contribution < 1.29 is 4.42 Å². The molecule has 51 heavy (non-hydrogen) atoms. The largest absolute Gasteiger partial charge is 0.455 e. The zero-order valence-electron chi connectivity index (χ0n) is 27.5. The SMILES string of the molecule is c1ccc2c(-c3ccc(N(c4cc5ccccc5c5ccccc45)c4cc5sc6ccccc6c5c5oc6ccccc6c45)cc3)cccc2c1. The van der Waals surface area contributed by atoms with Crippen LogP contribution in [0.5, 0.6) is 0 Å². The van der Waals surface area contributed by atoms with E-state index < -0.39 is 0 Å². The van der Waals surface area contributed by atoms with Crippen LogP contribution in [-0.4, -0.2) is 0 Å². The summed E-state index contributed by atoms with van der Waals surface area (Å²) in [5.41, 5.74) is 7.58. The second-order valence-electron chi connectivity index (χ2n) is 13.2. The molecular formula is C48H29NOS. The molecule has 0 spiro atoms. The van der Waals surface area contributed by atoms with Crippen LogP contribution in [0, 0.1) is 0 Å². The number of nitrogens with zero attached hydrogens (tertiary/aromatic N) is 1. The smallest absolute Gasteiger partial charge is 0.146 e. The minimum absolute atomic E-state index is 0.895. The fraction of sp³-hybridized carbons (Fsp3) is 0. The highest BCUT2D eigenvalue weighted by Crippen LogP contribution is 2.51. The van der Waals surface area contributed by atoms with Crippen molar-refractivity contribution in [3.63, 3.8) is 0 Å². The molecule has 0 amide bonds. The zero-order chi connectivity index (χ0) is 33.5. The Morgan fingerprint density at radius 2 is 1.06 bits per heavy atom. The van der Waals surface area contributed by atoms with Gasteiger partial charge in [-0.2, -0.15) is 0 Å². The van der Waals surface area contributed by atoms with E-state index >= 15 is 0 Å². The lowest BCUT2D eigenvalue weighted by atomic mass is 9.96. The number of benzene rings is 9. The summed E-state index contributed by atoms with van der Waals surface area (Å²) in [7, 11) is 0. The fourth-order valence-electron chi connectivity index (χ4n) is 8.14. The molecule has 0 radical (unpaired) electrons. The number of thiophene rings is 1. The summed E-state index contributed by atoms with van der Waals surface area (Å²) in [4.78, 5) is 2.47. The van der Waals surface area contributed by atoms with E-state index in [4.69, 9.17) is 4.42 Å². The summed E-state index contributed by atoms with van der Waals surface area (Å²) in [6.45, 7) is 0. The Balaban J connectivity index is 1.25. The summed E-state index contributed by atoms with van der Waals surface area (Å²) in [5, 5.41) is 12.0. The molecule has 2 aromatic heterocycles. The molecule has 3 heteroatoms. The van der Waals surface area contributed by atoms with Gasteiger partial charge in [-0.3, -0.25) is 0 Å². The van der Waals surface area contributed by atoms with Gasteiger partial charge in [0.15, 0.2) is 0 Å². The number of para-hydroxylation sites is 1. The second kappa shape index (κ2) is 11.0. The molecule has 0 aliphatic rings. The molecule has 0 atom stereocenters. The monoisotopic (exact) mass is 667 g/mol. The van der Waals surface area contributed by atoms with Gasteiger partial charge >= 0.3 is 0 Å². The number of rotatable bonds is 4. The van der Waals surface area contributed by atoms with Crippen LogP contribution in [0.3, 0.4) is 0 Å². The molecule has 0 fully saturated rings. The third kappa shape index (κ3) is 4.29. The summed E-state index contributed by atoms with van der Waals surface area (Å²) >= 11 is 1.83. The van der Waals surface area contributed by atoms with Gasteiger partial charge in [0.2, 0.25) is 0 Å². The Bertz CT molecular complexity index is 3140. The van der Waals surface area contributed by atoms with E-state index in [9.17, 15) is 0 Å². The molecule has 9 aromatic carbocycles. The first-order valence-corrected chi connectivity index (χ1v) is 18.2. The highest BCUT2D eigenvalue weighted by Gasteiger charge is 2.25. The van der Waals surface area contributed by atoms with E-state index in [2.05, 4.69) is 181 Å². The molecule has 0 aliphatic heterocycles. The fourth-order valence-corrected chi connectivity index (χ4v) is 9.28. The Hall–Kier alpha value is -6.42. The van der Waals surface area contributed by atoms with Gasteiger partial charge in [0.1, 0.15) is 11.2 Å². The summed E-state index contributed by atoms with van der Waals surface area (Å²) in [6.07, 6.45) is 0. The second-order valence-corrected chi connectivity index (χ2v) is 14.3. The van der Waals surface area contributed by atoms with Gasteiger partial charge in [-0.25, -0.2) is 0 Å². The maximum atomic E-state index is 6.85. The Morgan fingerprint density at radius 1 is 0.412 bits per heavy atom. The van der Waals surface area contributed by atoms with Crippen LogP contribution in [0.4, 0.5) is 17.1 Å². The van der Waals surface area contributed by atoms with Crippen molar-refractivity contribution in [1.82, 2.24) is 0 Å². The number of hydrogen-bond acceptors (Lipinski definition) is 3. The van der Waals surface area contributed by atoms with E-state index in [1.54, 1.807) is 0 Å². The third-order valence-corrected chi connectivity index (χ3v) is 11.5. The topological polar surface area (TPSA) is 16.4 Å². The van der Waals surface area contributed by atoms with Gasteiger partial charge in [0.25, 0.3) is 0 Å². The number of furan rings is 1. The van der Waals surface area contributed by atoms with E-state index in [0.717, 1.165) is 39.0 Å². The third-order valence-electron chi connectivity index (χ3n) is 10.4. The van der Waals surface area contributed by atoms with E-state index in [-0.39, 0.29) is 0 Å². The average Bonchev–Trinajstić information content (AvgIpc) is 3.77. The molecular weight excluding hydrogens is 639 g/mol. The first-order valence-electron chi connectivity index (χ1n) is 17.3. The van der Waals surface area contributed by atoms with Crippen LogP contribution < -0.4 is 4.90 Å². The summed E-state index contributed by atoms with van der Waals surface area (Å²) in [6, 6.07) is 63.8. The maximum absolute atomic E-state index is 6.85. The van der Waals surface area contributed by atoms with Gasteiger partial charge in [-0.15, -0.1) is 11.3 Å². The zero-order valence-corrected chi connectivity index (χ0v) is 28.3. The number of anilines is 3. The van der Waals surface area contributed by atoms with Crippen molar-refractivity contribution in [2.75, 3.05) is 4.90 Å². The van der Waals surface area contributed by atoms with Crippen LogP contribution >= 0.6 is 11.3 Å². The lowest BCUT2D eigenvalue weighted by molar-refractivity contribution is 0.673. The molecule has 2 nitrogen and oxygen atoms in total. The predicted molar refractivity (Wildman–Crippen MR) is 219 cm³/mol. The van der Waals surface area contributed by atoms with Gasteiger partial charge < -0.3 is 9.32 Å². The highest BCUT2D eigenvalue weighted by atomic mass is 32.1. The van der Waals surface area contributed by atoms with Crippen LogP contribution in [0.25, 0.3) is 85.6 Å². The van der Waals surface area contributed by atoms with Crippen molar-refractivity contribution in [2.24, 2.45) is 0 Å². The van der Waals surface area contributed by atoms with Crippen molar-refractivity contribution in [3.8, 4) is 11.1 Å². The molecule has 0 saturated carbocycles. The highest BCUT2D eigenvalue weighted by molar-refractivity contribution is 7.26. The minimum Gasteiger partial charge on any atom is -0.455 e. The van der Waals surface area contributed by atoms with E-state index in [0.29, 0.717) is 0 Å². The van der Waals surface area contributed by atoms with Gasteiger partial charge in [0.05, 0.1) is 16.8 Å². The standard InChI is InChI=1S/C48H29NOS/c1-3-15-34-30(12-1)14-11-21-35(34)31-24-26-33(27-25-31)49(41-28-32-13-2-4-16-36(32)37-17-5-6-18-38(37)41)42-29-45-47(40-20-8-10-23-44(40)51-45)48-46(42)39-19-7-9-22-43(39)50-48/h1-29H. The van der Waals surface area contributed by atoms with Crippen LogP contribution in [0.15, 0.2) is 180 Å². The van der Waals surface area contributed by atoms with E-state index in [1.165, 1.54) is 63.6 Å². The lowest BCUT2D eigenvalue weighted by Crippen LogP contribution is -2.11. The maximum Gasteiger partial charge on any atom is 0.146 e.